The molecular formula is C19H25FN2O3. The van der Waals surface area contributed by atoms with Crippen LogP contribution in [0.15, 0.2) is 24.3 Å². The van der Waals surface area contributed by atoms with Crippen molar-refractivity contribution in [3.05, 3.63) is 35.6 Å². The average molecular weight is 348 g/mol. The van der Waals surface area contributed by atoms with Crippen LogP contribution in [0.25, 0.3) is 0 Å². The van der Waals surface area contributed by atoms with Crippen LogP contribution in [0.3, 0.4) is 0 Å². The van der Waals surface area contributed by atoms with Crippen molar-refractivity contribution >= 4 is 17.6 Å². The summed E-state index contributed by atoms with van der Waals surface area (Å²) in [5, 5.41) is 2.79. The molecule has 1 aromatic rings. The van der Waals surface area contributed by atoms with Gasteiger partial charge in [0.15, 0.2) is 5.78 Å². The van der Waals surface area contributed by atoms with Gasteiger partial charge in [-0.15, -0.1) is 0 Å². The minimum Gasteiger partial charge on any atom is -0.356 e. The van der Waals surface area contributed by atoms with Crippen molar-refractivity contribution in [2.75, 3.05) is 19.6 Å². The van der Waals surface area contributed by atoms with Crippen LogP contribution < -0.4 is 5.32 Å². The van der Waals surface area contributed by atoms with Crippen molar-refractivity contribution in [1.82, 2.24) is 10.2 Å². The highest BCUT2D eigenvalue weighted by molar-refractivity contribution is 5.98. The van der Waals surface area contributed by atoms with Gasteiger partial charge < -0.3 is 10.2 Å². The molecule has 5 nitrogen and oxygen atoms in total. The number of ketones is 1. The van der Waals surface area contributed by atoms with Gasteiger partial charge in [-0.2, -0.15) is 0 Å². The highest BCUT2D eigenvalue weighted by atomic mass is 19.1. The second kappa shape index (κ2) is 8.74. The summed E-state index contributed by atoms with van der Waals surface area (Å²) >= 11 is 0. The largest absolute Gasteiger partial charge is 0.356 e. The Balaban J connectivity index is 1.96. The maximum atomic E-state index is 13.7. The Bertz CT molecular complexity index is 647. The number of hydrogen-bond donors (Lipinski definition) is 1. The molecule has 0 unspecified atom stereocenters. The molecule has 1 aromatic carbocycles. The molecule has 0 bridgehead atoms. The van der Waals surface area contributed by atoms with Crippen molar-refractivity contribution in [3.8, 4) is 0 Å². The maximum Gasteiger partial charge on any atom is 0.225 e. The van der Waals surface area contributed by atoms with Gasteiger partial charge in [0.05, 0.1) is 11.5 Å². The molecule has 0 aliphatic carbocycles. The van der Waals surface area contributed by atoms with Gasteiger partial charge in [-0.05, 0) is 31.9 Å². The summed E-state index contributed by atoms with van der Waals surface area (Å²) in [7, 11) is 0. The smallest absolute Gasteiger partial charge is 0.225 e. The normalized spacial score (nSPS) is 18.5. The minimum absolute atomic E-state index is 0.0148. The number of rotatable bonds is 6. The zero-order valence-electron chi connectivity index (χ0n) is 14.8. The third kappa shape index (κ3) is 4.87. The van der Waals surface area contributed by atoms with Gasteiger partial charge in [-0.3, -0.25) is 14.4 Å². The number of carbonyl (C=O) groups excluding carboxylic acids is 3. The number of benzene rings is 1. The standard InChI is InChI=1S/C19H25FN2O3/c1-3-21-18(24)14-7-6-10-22(12-14)19(25)13(2)11-17(23)15-8-4-5-9-16(15)20/h4-5,8-9,13-14H,3,6-7,10-12H2,1-2H3,(H,21,24)/t13-,14-/m0/s1. The van der Waals surface area contributed by atoms with E-state index in [1.54, 1.807) is 17.9 Å². The summed E-state index contributed by atoms with van der Waals surface area (Å²) in [6.07, 6.45) is 1.49. The van der Waals surface area contributed by atoms with Crippen LogP contribution in [0.4, 0.5) is 4.39 Å². The van der Waals surface area contributed by atoms with Gasteiger partial charge in [0, 0.05) is 32.0 Å². The number of nitrogens with one attached hydrogen (secondary N) is 1. The Morgan fingerprint density at radius 3 is 2.72 bits per heavy atom. The molecule has 0 spiro atoms. The fourth-order valence-corrected chi connectivity index (χ4v) is 3.18. The van der Waals surface area contributed by atoms with Gasteiger partial charge in [-0.25, -0.2) is 4.39 Å². The number of piperidine rings is 1. The maximum absolute atomic E-state index is 13.7. The Morgan fingerprint density at radius 2 is 2.04 bits per heavy atom. The molecule has 1 aliphatic heterocycles. The van der Waals surface area contributed by atoms with Crippen LogP contribution in [-0.4, -0.2) is 42.1 Å². The third-order valence-electron chi connectivity index (χ3n) is 4.54. The van der Waals surface area contributed by atoms with E-state index in [0.717, 1.165) is 12.8 Å². The summed E-state index contributed by atoms with van der Waals surface area (Å²) in [6.45, 7) is 5.07. The van der Waals surface area contributed by atoms with E-state index in [1.807, 2.05) is 6.92 Å². The lowest BCUT2D eigenvalue weighted by Crippen LogP contribution is -2.47. The summed E-state index contributed by atoms with van der Waals surface area (Å²) in [5.74, 6) is -1.88. The quantitative estimate of drug-likeness (QED) is 0.803. The average Bonchev–Trinajstić information content (AvgIpc) is 2.61. The Kier molecular flexibility index (Phi) is 6.67. The number of carbonyl (C=O) groups is 3. The lowest BCUT2D eigenvalue weighted by molar-refractivity contribution is -0.138. The van der Waals surface area contributed by atoms with Crippen molar-refractivity contribution in [3.63, 3.8) is 0 Å². The van der Waals surface area contributed by atoms with Crippen LogP contribution in [0.5, 0.6) is 0 Å². The predicted octanol–water partition coefficient (Wildman–Crippen LogP) is 2.41. The number of amides is 2. The van der Waals surface area contributed by atoms with Crippen molar-refractivity contribution < 1.29 is 18.8 Å². The van der Waals surface area contributed by atoms with Crippen LogP contribution in [-0.2, 0) is 9.59 Å². The molecule has 0 radical (unpaired) electrons. The summed E-state index contributed by atoms with van der Waals surface area (Å²) < 4.78 is 13.7. The SMILES string of the molecule is CCNC(=O)[C@H]1CCCN(C(=O)[C@@H](C)CC(=O)c2ccccc2F)C1. The van der Waals surface area contributed by atoms with Gasteiger partial charge in [0.25, 0.3) is 0 Å². The molecule has 6 heteroatoms. The lowest BCUT2D eigenvalue weighted by Gasteiger charge is -2.33. The first kappa shape index (κ1) is 19.1. The van der Waals surface area contributed by atoms with E-state index in [0.29, 0.717) is 19.6 Å². The molecule has 25 heavy (non-hydrogen) atoms. The van der Waals surface area contributed by atoms with Gasteiger partial charge in [0.1, 0.15) is 5.82 Å². The highest BCUT2D eigenvalue weighted by Gasteiger charge is 2.31. The molecule has 1 aliphatic rings. The lowest BCUT2D eigenvalue weighted by atomic mass is 9.94. The van der Waals surface area contributed by atoms with E-state index in [2.05, 4.69) is 5.32 Å². The van der Waals surface area contributed by atoms with Crippen LogP contribution in [0, 0.1) is 17.7 Å². The number of hydrogen-bond acceptors (Lipinski definition) is 3. The number of Topliss-reactive ketones (excluding diaryl/α,β-unsaturated/α-hetero) is 1. The predicted molar refractivity (Wildman–Crippen MR) is 92.5 cm³/mol. The van der Waals surface area contributed by atoms with E-state index in [1.165, 1.54) is 18.2 Å². The van der Waals surface area contributed by atoms with Crippen molar-refractivity contribution in [2.24, 2.45) is 11.8 Å². The van der Waals surface area contributed by atoms with E-state index in [-0.39, 0.29) is 35.5 Å². The summed E-state index contributed by atoms with van der Waals surface area (Å²) in [6, 6.07) is 5.79. The van der Waals surface area contributed by atoms with E-state index in [4.69, 9.17) is 0 Å². The van der Waals surface area contributed by atoms with Crippen LogP contribution in [0.2, 0.25) is 0 Å². The fraction of sp³-hybridized carbons (Fsp3) is 0.526. The number of halogens is 1. The van der Waals surface area contributed by atoms with Crippen LogP contribution >= 0.6 is 0 Å². The first-order valence-electron chi connectivity index (χ1n) is 8.78. The number of likely N-dealkylation sites (tertiary alicyclic amines) is 1. The molecule has 136 valence electrons. The van der Waals surface area contributed by atoms with Crippen molar-refractivity contribution in [1.29, 1.82) is 0 Å². The minimum atomic E-state index is -0.568. The zero-order valence-corrected chi connectivity index (χ0v) is 14.8. The molecule has 0 aromatic heterocycles. The first-order valence-corrected chi connectivity index (χ1v) is 8.78. The van der Waals surface area contributed by atoms with Gasteiger partial charge >= 0.3 is 0 Å². The molecule has 1 saturated heterocycles. The first-order chi connectivity index (χ1) is 11.9. The molecule has 2 amide bonds. The molecule has 0 saturated carbocycles. The highest BCUT2D eigenvalue weighted by Crippen LogP contribution is 2.21. The Morgan fingerprint density at radius 1 is 1.32 bits per heavy atom. The fourth-order valence-electron chi connectivity index (χ4n) is 3.18. The van der Waals surface area contributed by atoms with Gasteiger partial charge in [-0.1, -0.05) is 19.1 Å². The van der Waals surface area contributed by atoms with E-state index in [9.17, 15) is 18.8 Å². The molecule has 2 rings (SSSR count). The van der Waals surface area contributed by atoms with Gasteiger partial charge in [0.2, 0.25) is 11.8 Å². The Labute approximate surface area is 147 Å². The molecule has 2 atom stereocenters. The monoisotopic (exact) mass is 348 g/mol. The molecule has 1 heterocycles. The second-order valence-electron chi connectivity index (χ2n) is 6.53. The van der Waals surface area contributed by atoms with Crippen LogP contribution in [0.1, 0.15) is 43.5 Å². The molecular weight excluding hydrogens is 323 g/mol. The molecule has 1 fully saturated rings. The Hall–Kier alpha value is -2.24. The van der Waals surface area contributed by atoms with Crippen molar-refractivity contribution in [2.45, 2.75) is 33.1 Å². The van der Waals surface area contributed by atoms with E-state index < -0.39 is 11.7 Å². The third-order valence-corrected chi connectivity index (χ3v) is 4.54. The zero-order chi connectivity index (χ0) is 18.4. The number of nitrogens with zero attached hydrogens (tertiary/aromatic N) is 1. The second-order valence-corrected chi connectivity index (χ2v) is 6.53. The summed E-state index contributed by atoms with van der Waals surface area (Å²) in [4.78, 5) is 38.5. The van der Waals surface area contributed by atoms with E-state index >= 15 is 0 Å². The summed E-state index contributed by atoms with van der Waals surface area (Å²) in [5.41, 5.74) is 0.0148. The topological polar surface area (TPSA) is 66.5 Å². The molecule has 1 N–H and O–H groups in total.